The average Bonchev–Trinajstić information content (AvgIpc) is 2.64. The average molecular weight is 211 g/mol. The molecular formula is C11H21N3O. The molecule has 2 N–H and O–H groups in total. The van der Waals surface area contributed by atoms with Crippen LogP contribution < -0.4 is 5.32 Å². The number of aliphatic hydroxyl groups excluding tert-OH is 1. The maximum absolute atomic E-state index is 9.23. The van der Waals surface area contributed by atoms with Crippen LogP contribution in [0, 0.1) is 5.41 Å². The third-order valence-corrected chi connectivity index (χ3v) is 2.86. The second kappa shape index (κ2) is 5.28. The van der Waals surface area contributed by atoms with Gasteiger partial charge in [-0.3, -0.25) is 4.68 Å². The fourth-order valence-corrected chi connectivity index (χ4v) is 1.34. The molecule has 0 saturated heterocycles. The van der Waals surface area contributed by atoms with Gasteiger partial charge in [0.25, 0.3) is 0 Å². The molecule has 0 aliphatic heterocycles. The number of aromatic nitrogens is 2. The van der Waals surface area contributed by atoms with Crippen molar-refractivity contribution in [1.29, 1.82) is 0 Å². The molecular weight excluding hydrogens is 190 g/mol. The summed E-state index contributed by atoms with van der Waals surface area (Å²) in [5.74, 6) is 0. The lowest BCUT2D eigenvalue weighted by Gasteiger charge is -2.25. The van der Waals surface area contributed by atoms with Gasteiger partial charge in [0.1, 0.15) is 0 Å². The number of nitrogens with zero attached hydrogens (tertiary/aromatic N) is 2. The molecule has 4 nitrogen and oxygen atoms in total. The van der Waals surface area contributed by atoms with E-state index in [4.69, 9.17) is 0 Å². The zero-order chi connectivity index (χ0) is 11.3. The van der Waals surface area contributed by atoms with Crippen LogP contribution in [0.5, 0.6) is 0 Å². The van der Waals surface area contributed by atoms with E-state index in [9.17, 15) is 5.11 Å². The normalized spacial score (nSPS) is 15.2. The number of aryl methyl sites for hydroxylation is 1. The molecule has 1 aromatic heterocycles. The van der Waals surface area contributed by atoms with Crippen molar-refractivity contribution in [2.45, 2.75) is 26.8 Å². The van der Waals surface area contributed by atoms with Crippen LogP contribution in [-0.4, -0.2) is 28.0 Å². The lowest BCUT2D eigenvalue weighted by Crippen LogP contribution is -2.34. The minimum absolute atomic E-state index is 0.0191. The Morgan fingerprint density at radius 3 is 2.80 bits per heavy atom. The molecule has 1 heterocycles. The standard InChI is InChI=1S/C11H21N3O/c1-4-11(2,9-15)8-12-7-10-5-6-14(3)13-10/h5-6,12,15H,4,7-9H2,1-3H3. The summed E-state index contributed by atoms with van der Waals surface area (Å²) < 4.78 is 1.79. The van der Waals surface area contributed by atoms with Crippen LogP contribution in [0.15, 0.2) is 12.3 Å². The Morgan fingerprint density at radius 1 is 1.60 bits per heavy atom. The van der Waals surface area contributed by atoms with E-state index in [1.54, 1.807) is 4.68 Å². The van der Waals surface area contributed by atoms with Crippen molar-refractivity contribution >= 4 is 0 Å². The lowest BCUT2D eigenvalue weighted by molar-refractivity contribution is 0.135. The molecule has 4 heteroatoms. The van der Waals surface area contributed by atoms with Crippen LogP contribution in [0.4, 0.5) is 0 Å². The fourth-order valence-electron chi connectivity index (χ4n) is 1.34. The summed E-state index contributed by atoms with van der Waals surface area (Å²) in [5, 5.41) is 16.8. The summed E-state index contributed by atoms with van der Waals surface area (Å²) in [6.07, 6.45) is 2.90. The zero-order valence-corrected chi connectivity index (χ0v) is 9.82. The smallest absolute Gasteiger partial charge is 0.0762 e. The summed E-state index contributed by atoms with van der Waals surface area (Å²) in [5.41, 5.74) is 1.02. The Bertz CT molecular complexity index is 292. The van der Waals surface area contributed by atoms with Gasteiger partial charge in [0, 0.05) is 38.4 Å². The van der Waals surface area contributed by atoms with Crippen LogP contribution in [0.2, 0.25) is 0 Å². The first-order valence-corrected chi connectivity index (χ1v) is 5.40. The Hall–Kier alpha value is -0.870. The van der Waals surface area contributed by atoms with Crippen molar-refractivity contribution in [2.24, 2.45) is 12.5 Å². The Kier molecular flexibility index (Phi) is 4.29. The summed E-state index contributed by atoms with van der Waals surface area (Å²) in [6.45, 7) is 5.98. The van der Waals surface area contributed by atoms with Gasteiger partial charge in [-0.25, -0.2) is 0 Å². The van der Waals surface area contributed by atoms with Crippen LogP contribution in [0.1, 0.15) is 26.0 Å². The molecule has 86 valence electrons. The van der Waals surface area contributed by atoms with Gasteiger partial charge >= 0.3 is 0 Å². The highest BCUT2D eigenvalue weighted by molar-refractivity contribution is 4.98. The first-order valence-electron chi connectivity index (χ1n) is 5.40. The first kappa shape index (κ1) is 12.2. The van der Waals surface area contributed by atoms with Crippen molar-refractivity contribution in [3.63, 3.8) is 0 Å². The maximum atomic E-state index is 9.23. The van der Waals surface area contributed by atoms with Crippen molar-refractivity contribution in [3.8, 4) is 0 Å². The third-order valence-electron chi connectivity index (χ3n) is 2.86. The van der Waals surface area contributed by atoms with E-state index in [2.05, 4.69) is 24.3 Å². The van der Waals surface area contributed by atoms with Gasteiger partial charge in [-0.15, -0.1) is 0 Å². The van der Waals surface area contributed by atoms with Gasteiger partial charge in [0.15, 0.2) is 0 Å². The molecule has 0 fully saturated rings. The molecule has 1 rings (SSSR count). The molecule has 0 saturated carbocycles. The summed E-state index contributed by atoms with van der Waals surface area (Å²) in [4.78, 5) is 0. The molecule has 0 aromatic carbocycles. The SMILES string of the molecule is CCC(C)(CO)CNCc1ccn(C)n1. The van der Waals surface area contributed by atoms with Crippen LogP contribution >= 0.6 is 0 Å². The number of rotatable bonds is 6. The highest BCUT2D eigenvalue weighted by Gasteiger charge is 2.20. The molecule has 1 aromatic rings. The van der Waals surface area contributed by atoms with E-state index in [-0.39, 0.29) is 12.0 Å². The minimum Gasteiger partial charge on any atom is -0.396 e. The Balaban J connectivity index is 2.32. The van der Waals surface area contributed by atoms with Gasteiger partial charge in [-0.2, -0.15) is 5.10 Å². The van der Waals surface area contributed by atoms with E-state index in [0.29, 0.717) is 0 Å². The summed E-state index contributed by atoms with van der Waals surface area (Å²) >= 11 is 0. The van der Waals surface area contributed by atoms with Gasteiger partial charge in [-0.1, -0.05) is 13.8 Å². The number of hydrogen-bond acceptors (Lipinski definition) is 3. The van der Waals surface area contributed by atoms with Crippen molar-refractivity contribution < 1.29 is 5.11 Å². The van der Waals surface area contributed by atoms with Crippen LogP contribution in [0.25, 0.3) is 0 Å². The van der Waals surface area contributed by atoms with E-state index >= 15 is 0 Å². The predicted octanol–water partition coefficient (Wildman–Crippen LogP) is 0.918. The van der Waals surface area contributed by atoms with Crippen molar-refractivity contribution in [2.75, 3.05) is 13.2 Å². The van der Waals surface area contributed by atoms with Crippen molar-refractivity contribution in [1.82, 2.24) is 15.1 Å². The maximum Gasteiger partial charge on any atom is 0.0762 e. The molecule has 1 atom stereocenters. The molecule has 0 bridgehead atoms. The summed E-state index contributed by atoms with van der Waals surface area (Å²) in [6, 6.07) is 2.00. The van der Waals surface area contributed by atoms with Crippen LogP contribution in [0.3, 0.4) is 0 Å². The largest absolute Gasteiger partial charge is 0.396 e. The second-order valence-electron chi connectivity index (χ2n) is 4.41. The lowest BCUT2D eigenvalue weighted by atomic mass is 9.89. The fraction of sp³-hybridized carbons (Fsp3) is 0.727. The van der Waals surface area contributed by atoms with Gasteiger partial charge < -0.3 is 10.4 Å². The van der Waals surface area contributed by atoms with Crippen molar-refractivity contribution in [3.05, 3.63) is 18.0 Å². The Labute approximate surface area is 91.3 Å². The highest BCUT2D eigenvalue weighted by Crippen LogP contribution is 2.18. The van der Waals surface area contributed by atoms with E-state index in [1.165, 1.54) is 0 Å². The monoisotopic (exact) mass is 211 g/mol. The van der Waals surface area contributed by atoms with Crippen LogP contribution in [-0.2, 0) is 13.6 Å². The molecule has 0 radical (unpaired) electrons. The predicted molar refractivity (Wildman–Crippen MR) is 60.4 cm³/mol. The topological polar surface area (TPSA) is 50.1 Å². The minimum atomic E-state index is -0.0191. The summed E-state index contributed by atoms with van der Waals surface area (Å²) in [7, 11) is 1.91. The Morgan fingerprint density at radius 2 is 2.33 bits per heavy atom. The van der Waals surface area contributed by atoms with E-state index in [0.717, 1.165) is 25.2 Å². The molecule has 0 aliphatic rings. The van der Waals surface area contributed by atoms with Gasteiger partial charge in [0.2, 0.25) is 0 Å². The van der Waals surface area contributed by atoms with E-state index < -0.39 is 0 Å². The third kappa shape index (κ3) is 3.64. The van der Waals surface area contributed by atoms with Gasteiger partial charge in [-0.05, 0) is 12.5 Å². The highest BCUT2D eigenvalue weighted by atomic mass is 16.3. The number of hydrogen-bond donors (Lipinski definition) is 2. The molecule has 1 unspecified atom stereocenters. The zero-order valence-electron chi connectivity index (χ0n) is 9.82. The first-order chi connectivity index (χ1) is 7.09. The number of nitrogens with one attached hydrogen (secondary N) is 1. The van der Waals surface area contributed by atoms with Gasteiger partial charge in [0.05, 0.1) is 5.69 Å². The molecule has 15 heavy (non-hydrogen) atoms. The van der Waals surface area contributed by atoms with E-state index in [1.807, 2.05) is 19.3 Å². The second-order valence-corrected chi connectivity index (χ2v) is 4.41. The molecule has 0 amide bonds. The number of aliphatic hydroxyl groups is 1. The molecule has 0 spiro atoms. The quantitative estimate of drug-likeness (QED) is 0.735. The molecule has 0 aliphatic carbocycles.